The van der Waals surface area contributed by atoms with E-state index in [1.807, 2.05) is 31.2 Å². The Labute approximate surface area is 161 Å². The number of aromatic hydroxyl groups is 1. The number of amides is 1. The third-order valence-electron chi connectivity index (χ3n) is 4.75. The van der Waals surface area contributed by atoms with Crippen LogP contribution < -0.4 is 0 Å². The average molecular weight is 387 g/mol. The molecule has 0 atom stereocenters. The van der Waals surface area contributed by atoms with Gasteiger partial charge in [0.2, 0.25) is 5.88 Å². The normalized spacial score (nSPS) is 14.7. The average Bonchev–Trinajstić information content (AvgIpc) is 3.10. The quantitative estimate of drug-likeness (QED) is 0.748. The molecule has 0 aliphatic carbocycles. The first kappa shape index (κ1) is 17.8. The molecule has 4 rings (SSSR count). The number of aromatic nitrogens is 3. The third kappa shape index (κ3) is 3.36. The van der Waals surface area contributed by atoms with Gasteiger partial charge in [-0.2, -0.15) is 9.61 Å². The summed E-state index contributed by atoms with van der Waals surface area (Å²) in [6.07, 6.45) is 1.95. The summed E-state index contributed by atoms with van der Waals surface area (Å²) in [5.41, 5.74) is 3.06. The molecule has 1 saturated heterocycles. The lowest BCUT2D eigenvalue weighted by atomic mass is 10.0. The first-order valence-corrected chi connectivity index (χ1v) is 9.10. The highest BCUT2D eigenvalue weighted by Gasteiger charge is 2.24. The van der Waals surface area contributed by atoms with E-state index in [0.717, 1.165) is 5.56 Å². The van der Waals surface area contributed by atoms with Gasteiger partial charge in [0.05, 0.1) is 19.4 Å². The lowest BCUT2D eigenvalue weighted by molar-refractivity contribution is 0.0304. The van der Waals surface area contributed by atoms with Crippen molar-refractivity contribution in [2.45, 2.75) is 13.3 Å². The summed E-state index contributed by atoms with van der Waals surface area (Å²) in [5, 5.41) is 15.6. The summed E-state index contributed by atoms with van der Waals surface area (Å²) in [4.78, 5) is 19.1. The topological polar surface area (TPSA) is 80.0 Å². The molecule has 2 aromatic heterocycles. The van der Waals surface area contributed by atoms with Gasteiger partial charge in [-0.25, -0.2) is 4.98 Å². The molecular formula is C19H19ClN4O3. The fraction of sp³-hybridized carbons (Fsp3) is 0.316. The zero-order chi connectivity index (χ0) is 19.0. The Morgan fingerprint density at radius 1 is 1.26 bits per heavy atom. The smallest absolute Gasteiger partial charge is 0.259 e. The van der Waals surface area contributed by atoms with Gasteiger partial charge >= 0.3 is 0 Å². The van der Waals surface area contributed by atoms with Crippen LogP contribution in [0, 0.1) is 6.92 Å². The van der Waals surface area contributed by atoms with Crippen LogP contribution in [-0.2, 0) is 11.2 Å². The van der Waals surface area contributed by atoms with Crippen LogP contribution in [-0.4, -0.2) is 56.8 Å². The lowest BCUT2D eigenvalue weighted by Crippen LogP contribution is -2.40. The van der Waals surface area contributed by atoms with E-state index < -0.39 is 0 Å². The van der Waals surface area contributed by atoms with E-state index in [1.54, 1.807) is 4.90 Å². The number of rotatable bonds is 3. The van der Waals surface area contributed by atoms with Gasteiger partial charge in [-0.05, 0) is 24.6 Å². The van der Waals surface area contributed by atoms with Crippen molar-refractivity contribution in [3.05, 3.63) is 57.9 Å². The zero-order valence-electron chi connectivity index (χ0n) is 14.9. The van der Waals surface area contributed by atoms with E-state index in [4.69, 9.17) is 16.3 Å². The van der Waals surface area contributed by atoms with E-state index in [2.05, 4.69) is 10.1 Å². The summed E-state index contributed by atoms with van der Waals surface area (Å²) in [6.45, 7) is 3.94. The van der Waals surface area contributed by atoms with Crippen molar-refractivity contribution < 1.29 is 14.6 Å². The van der Waals surface area contributed by atoms with Crippen molar-refractivity contribution in [2.75, 3.05) is 26.3 Å². The summed E-state index contributed by atoms with van der Waals surface area (Å²) >= 11 is 5.93. The van der Waals surface area contributed by atoms with E-state index >= 15 is 0 Å². The Kier molecular flexibility index (Phi) is 4.72. The standard InChI is InChI=1S/C19H19ClN4O3/c1-12-15(10-13-2-4-14(20)5-3-13)19(26)24-17(22-12)16(11-21-24)18(25)23-6-8-27-9-7-23/h2-5,11,26H,6-10H2,1H3. The van der Waals surface area contributed by atoms with Gasteiger partial charge in [-0.15, -0.1) is 0 Å². The Hall–Kier alpha value is -2.64. The van der Waals surface area contributed by atoms with Gasteiger partial charge in [0, 0.05) is 35.8 Å². The molecule has 140 valence electrons. The first-order chi connectivity index (χ1) is 13.0. The van der Waals surface area contributed by atoms with Crippen LogP contribution in [0.3, 0.4) is 0 Å². The summed E-state index contributed by atoms with van der Waals surface area (Å²) < 4.78 is 6.62. The lowest BCUT2D eigenvalue weighted by Gasteiger charge is -2.26. The summed E-state index contributed by atoms with van der Waals surface area (Å²) in [7, 11) is 0. The molecule has 0 radical (unpaired) electrons. The minimum absolute atomic E-state index is 0.00604. The van der Waals surface area contributed by atoms with Crippen molar-refractivity contribution in [3.63, 3.8) is 0 Å². The number of halogens is 1. The Morgan fingerprint density at radius 3 is 2.67 bits per heavy atom. The molecule has 8 heteroatoms. The van der Waals surface area contributed by atoms with Gasteiger partial charge in [0.1, 0.15) is 5.56 Å². The van der Waals surface area contributed by atoms with Gasteiger partial charge < -0.3 is 14.7 Å². The molecule has 0 saturated carbocycles. The van der Waals surface area contributed by atoms with Crippen molar-refractivity contribution in [1.29, 1.82) is 0 Å². The Bertz CT molecular complexity index is 994. The maximum absolute atomic E-state index is 12.8. The van der Waals surface area contributed by atoms with Gasteiger partial charge in [0.25, 0.3) is 5.91 Å². The second kappa shape index (κ2) is 7.17. The number of carbonyl (C=O) groups excluding carboxylic acids is 1. The molecule has 7 nitrogen and oxygen atoms in total. The fourth-order valence-electron chi connectivity index (χ4n) is 3.22. The minimum Gasteiger partial charge on any atom is -0.493 e. The number of carbonyl (C=O) groups is 1. The largest absolute Gasteiger partial charge is 0.493 e. The van der Waals surface area contributed by atoms with E-state index in [0.29, 0.717) is 60.2 Å². The summed E-state index contributed by atoms with van der Waals surface area (Å²) in [6, 6.07) is 7.42. The van der Waals surface area contributed by atoms with Gasteiger partial charge in [0.15, 0.2) is 5.65 Å². The molecule has 27 heavy (non-hydrogen) atoms. The van der Waals surface area contributed by atoms with Crippen LogP contribution in [0.2, 0.25) is 5.02 Å². The highest BCUT2D eigenvalue weighted by atomic mass is 35.5. The highest BCUT2D eigenvalue weighted by Crippen LogP contribution is 2.26. The second-order valence-corrected chi connectivity index (χ2v) is 6.94. The number of fused-ring (bicyclic) bond motifs is 1. The van der Waals surface area contributed by atoms with Crippen LogP contribution in [0.1, 0.15) is 27.2 Å². The van der Waals surface area contributed by atoms with Crippen LogP contribution in [0.4, 0.5) is 0 Å². The zero-order valence-corrected chi connectivity index (χ0v) is 15.6. The molecule has 1 N–H and O–H groups in total. The predicted molar refractivity (Wildman–Crippen MR) is 100 cm³/mol. The number of hydrogen-bond acceptors (Lipinski definition) is 5. The van der Waals surface area contributed by atoms with Crippen LogP contribution in [0.15, 0.2) is 30.5 Å². The number of aryl methyl sites for hydroxylation is 1. The van der Waals surface area contributed by atoms with Crippen molar-refractivity contribution in [1.82, 2.24) is 19.5 Å². The number of hydrogen-bond donors (Lipinski definition) is 1. The molecular weight excluding hydrogens is 368 g/mol. The number of morpholine rings is 1. The molecule has 1 aliphatic heterocycles. The maximum Gasteiger partial charge on any atom is 0.259 e. The molecule has 3 heterocycles. The van der Waals surface area contributed by atoms with Crippen molar-refractivity contribution in [2.24, 2.45) is 0 Å². The van der Waals surface area contributed by atoms with Crippen LogP contribution >= 0.6 is 11.6 Å². The second-order valence-electron chi connectivity index (χ2n) is 6.50. The van der Waals surface area contributed by atoms with Crippen molar-refractivity contribution >= 4 is 23.2 Å². The number of benzene rings is 1. The highest BCUT2D eigenvalue weighted by molar-refractivity contribution is 6.30. The number of ether oxygens (including phenoxy) is 1. The van der Waals surface area contributed by atoms with E-state index in [-0.39, 0.29) is 11.8 Å². The summed E-state index contributed by atoms with van der Waals surface area (Å²) in [5.74, 6) is -0.154. The van der Waals surface area contributed by atoms with Gasteiger partial charge in [-0.3, -0.25) is 4.79 Å². The first-order valence-electron chi connectivity index (χ1n) is 8.72. The Balaban J connectivity index is 1.70. The molecule has 1 fully saturated rings. The van der Waals surface area contributed by atoms with E-state index in [9.17, 15) is 9.90 Å². The minimum atomic E-state index is -0.148. The Morgan fingerprint density at radius 2 is 1.96 bits per heavy atom. The SMILES string of the molecule is Cc1nc2c(C(=O)N3CCOCC3)cnn2c(O)c1Cc1ccc(Cl)cc1. The van der Waals surface area contributed by atoms with Crippen LogP contribution in [0.25, 0.3) is 5.65 Å². The fourth-order valence-corrected chi connectivity index (χ4v) is 3.35. The third-order valence-corrected chi connectivity index (χ3v) is 5.00. The predicted octanol–water partition coefficient (Wildman–Crippen LogP) is 2.46. The molecule has 1 aliphatic rings. The molecule has 1 amide bonds. The molecule has 3 aromatic rings. The molecule has 0 spiro atoms. The van der Waals surface area contributed by atoms with Crippen LogP contribution in [0.5, 0.6) is 5.88 Å². The number of nitrogens with zero attached hydrogens (tertiary/aromatic N) is 4. The molecule has 1 aromatic carbocycles. The van der Waals surface area contributed by atoms with Gasteiger partial charge in [-0.1, -0.05) is 23.7 Å². The monoisotopic (exact) mass is 386 g/mol. The van der Waals surface area contributed by atoms with Crippen molar-refractivity contribution in [3.8, 4) is 5.88 Å². The molecule has 0 bridgehead atoms. The van der Waals surface area contributed by atoms with E-state index in [1.165, 1.54) is 10.7 Å². The molecule has 0 unspecified atom stereocenters. The maximum atomic E-state index is 12.8.